The van der Waals surface area contributed by atoms with Crippen molar-refractivity contribution in [2.75, 3.05) is 39.6 Å². The summed E-state index contributed by atoms with van der Waals surface area (Å²) in [7, 11) is -9.76. The van der Waals surface area contributed by atoms with Gasteiger partial charge >= 0.3 is 33.6 Å². The van der Waals surface area contributed by atoms with Crippen LogP contribution < -0.4 is 0 Å². The lowest BCUT2D eigenvalue weighted by Gasteiger charge is -2.21. The number of ether oxygens (including phenoxy) is 3. The van der Waals surface area contributed by atoms with E-state index < -0.39 is 91.5 Å². The molecular formula is C73H130O16P2. The molecule has 18 heteroatoms. The van der Waals surface area contributed by atoms with Crippen LogP contribution in [0, 0.1) is 0 Å². The molecule has 16 nitrogen and oxygen atoms in total. The van der Waals surface area contributed by atoms with Crippen LogP contribution in [0.2, 0.25) is 0 Å². The van der Waals surface area contributed by atoms with Crippen LogP contribution >= 0.6 is 15.6 Å². The molecule has 0 aromatic heterocycles. The molecule has 0 saturated carbocycles. The summed E-state index contributed by atoms with van der Waals surface area (Å²) in [6, 6.07) is 0. The maximum atomic E-state index is 12.9. The Bertz CT molecular complexity index is 2000. The maximum Gasteiger partial charge on any atom is 0.472 e. The second-order valence-electron chi connectivity index (χ2n) is 24.0. The van der Waals surface area contributed by atoms with Crippen LogP contribution in [0.1, 0.15) is 303 Å². The summed E-state index contributed by atoms with van der Waals surface area (Å²) in [6.07, 6.45) is 72.2. The third-order valence-electron chi connectivity index (χ3n) is 15.1. The van der Waals surface area contributed by atoms with Crippen molar-refractivity contribution in [1.82, 2.24) is 0 Å². The average molecular weight is 1330 g/mol. The lowest BCUT2D eigenvalue weighted by Crippen LogP contribution is -2.30. The average Bonchev–Trinajstić information content (AvgIpc) is 3.72. The van der Waals surface area contributed by atoms with E-state index >= 15 is 0 Å². The third kappa shape index (κ3) is 67.9. The van der Waals surface area contributed by atoms with Crippen LogP contribution in [0.3, 0.4) is 0 Å². The molecule has 0 rings (SSSR count). The standard InChI is InChI=1S/C73H130O16P2/c1-4-7-10-13-16-19-22-24-26-27-28-29-30-31-32-33-34-35-36-37-38-39-41-43-45-47-50-53-56-59-71(76)83-62-68(74)63-85-90(79,80)86-64-69(75)65-87-91(81,82)88-67-70(89-73(78)61-58-55-52-49-44-21-18-15-12-9-6-3)66-84-72(77)60-57-54-51-48-46-42-40-25-23-20-17-14-11-8-5-2/h7,10,16-17,19-20,24-26,28-29,31-32,40,68-70,74-75H,4-6,8-9,11-15,18,21-23,27,30,33-39,41-67H2,1-3H3,(H,79,80)(H,81,82)/b10-7-,19-16-,20-17-,26-24-,29-28-,32-31-,40-25-. The van der Waals surface area contributed by atoms with E-state index in [0.29, 0.717) is 19.3 Å². The summed E-state index contributed by atoms with van der Waals surface area (Å²) in [5, 5.41) is 20.6. The van der Waals surface area contributed by atoms with Crippen molar-refractivity contribution >= 4 is 33.6 Å². The van der Waals surface area contributed by atoms with Crippen molar-refractivity contribution in [2.24, 2.45) is 0 Å². The minimum absolute atomic E-state index is 0.106. The van der Waals surface area contributed by atoms with Gasteiger partial charge in [-0.2, -0.15) is 0 Å². The van der Waals surface area contributed by atoms with E-state index in [1.54, 1.807) is 0 Å². The van der Waals surface area contributed by atoms with E-state index in [0.717, 1.165) is 128 Å². The Balaban J connectivity index is 4.40. The first-order valence-corrected chi connectivity index (χ1v) is 38.9. The number of hydrogen-bond acceptors (Lipinski definition) is 14. The first-order chi connectivity index (χ1) is 44.2. The molecule has 0 aromatic rings. The maximum absolute atomic E-state index is 12.9. The Labute approximate surface area is 553 Å². The Kier molecular flexibility index (Phi) is 64.3. The van der Waals surface area contributed by atoms with Crippen LogP contribution in [0.15, 0.2) is 85.1 Å². The Morgan fingerprint density at radius 3 is 0.945 bits per heavy atom. The van der Waals surface area contributed by atoms with Gasteiger partial charge in [0.15, 0.2) is 6.10 Å². The van der Waals surface area contributed by atoms with Gasteiger partial charge < -0.3 is 34.2 Å². The van der Waals surface area contributed by atoms with E-state index in [4.69, 9.17) is 32.3 Å². The van der Waals surface area contributed by atoms with Crippen molar-refractivity contribution in [1.29, 1.82) is 0 Å². The summed E-state index contributed by atoms with van der Waals surface area (Å²) in [5.74, 6) is -1.58. The van der Waals surface area contributed by atoms with Crippen molar-refractivity contribution < 1.29 is 75.8 Å². The molecule has 0 amide bonds. The fraction of sp³-hybridized carbons (Fsp3) is 0.767. The highest BCUT2D eigenvalue weighted by atomic mass is 31.2. The molecule has 0 spiro atoms. The summed E-state index contributed by atoms with van der Waals surface area (Å²) in [6.45, 7) is 2.52. The number of carbonyl (C=O) groups excluding carboxylic acids is 3. The molecule has 0 aliphatic carbocycles. The Hall–Kier alpha value is -3.27. The second-order valence-corrected chi connectivity index (χ2v) is 26.9. The van der Waals surface area contributed by atoms with E-state index in [1.807, 2.05) is 0 Å². The molecule has 0 radical (unpaired) electrons. The fourth-order valence-electron chi connectivity index (χ4n) is 9.63. The number of phosphoric acid groups is 2. The third-order valence-corrected chi connectivity index (χ3v) is 17.0. The Morgan fingerprint density at radius 2 is 0.582 bits per heavy atom. The van der Waals surface area contributed by atoms with E-state index in [-0.39, 0.29) is 19.3 Å². The van der Waals surface area contributed by atoms with Crippen LogP contribution in [-0.4, -0.2) is 95.9 Å². The number of esters is 3. The number of unbranched alkanes of at least 4 members (excludes halogenated alkanes) is 31. The molecule has 0 saturated heterocycles. The molecule has 0 heterocycles. The highest BCUT2D eigenvalue weighted by Crippen LogP contribution is 2.45. The number of phosphoric ester groups is 2. The molecule has 0 aliphatic heterocycles. The van der Waals surface area contributed by atoms with Gasteiger partial charge in [0.05, 0.1) is 26.4 Å². The predicted octanol–water partition coefficient (Wildman–Crippen LogP) is 20.1. The molecule has 5 unspecified atom stereocenters. The monoisotopic (exact) mass is 1320 g/mol. The molecule has 0 bridgehead atoms. The molecule has 4 N–H and O–H groups in total. The summed E-state index contributed by atoms with van der Waals surface area (Å²) < 4.78 is 60.8. The zero-order valence-corrected chi connectivity index (χ0v) is 59.0. The van der Waals surface area contributed by atoms with Crippen molar-refractivity contribution in [3.05, 3.63) is 85.1 Å². The molecule has 0 fully saturated rings. The Morgan fingerprint density at radius 1 is 0.319 bits per heavy atom. The van der Waals surface area contributed by atoms with E-state index in [2.05, 4.69) is 106 Å². The van der Waals surface area contributed by atoms with Gasteiger partial charge in [-0.3, -0.25) is 32.5 Å². The van der Waals surface area contributed by atoms with Gasteiger partial charge in [-0.15, -0.1) is 0 Å². The quantitative estimate of drug-likeness (QED) is 0.0146. The SMILES string of the molecule is CC/C=C\C/C=C\C/C=C\C/C=C\C/C=C\CCCCCCCCCCCCCCCC(=O)OCC(O)COP(=O)(O)OCC(O)COP(=O)(O)OCC(COC(=O)CCCCCCC/C=C\C/C=C\CCCCC)OC(=O)CCCCCCCCCCCCC. The van der Waals surface area contributed by atoms with Gasteiger partial charge in [-0.25, -0.2) is 9.13 Å². The molecule has 0 aliphatic rings. The fourth-order valence-corrected chi connectivity index (χ4v) is 11.2. The molecule has 91 heavy (non-hydrogen) atoms. The number of aliphatic hydroxyl groups excluding tert-OH is 2. The largest absolute Gasteiger partial charge is 0.472 e. The van der Waals surface area contributed by atoms with Gasteiger partial charge in [-0.05, 0) is 96.3 Å². The van der Waals surface area contributed by atoms with Crippen LogP contribution in [0.4, 0.5) is 0 Å². The molecule has 528 valence electrons. The van der Waals surface area contributed by atoms with Crippen LogP contribution in [-0.2, 0) is 55.8 Å². The van der Waals surface area contributed by atoms with Crippen LogP contribution in [0.25, 0.3) is 0 Å². The van der Waals surface area contributed by atoms with Gasteiger partial charge in [0.2, 0.25) is 0 Å². The van der Waals surface area contributed by atoms with E-state index in [9.17, 15) is 43.5 Å². The number of aliphatic hydroxyl groups is 2. The lowest BCUT2D eigenvalue weighted by molar-refractivity contribution is -0.161. The zero-order chi connectivity index (χ0) is 66.7. The van der Waals surface area contributed by atoms with Crippen LogP contribution in [0.5, 0.6) is 0 Å². The minimum atomic E-state index is -4.92. The summed E-state index contributed by atoms with van der Waals surface area (Å²) in [4.78, 5) is 58.3. The lowest BCUT2D eigenvalue weighted by atomic mass is 10.0. The van der Waals surface area contributed by atoms with Crippen molar-refractivity contribution in [3.8, 4) is 0 Å². The van der Waals surface area contributed by atoms with Gasteiger partial charge in [0.1, 0.15) is 25.4 Å². The normalized spacial score (nSPS) is 14.7. The highest BCUT2D eigenvalue weighted by Gasteiger charge is 2.29. The first-order valence-electron chi connectivity index (χ1n) is 35.9. The summed E-state index contributed by atoms with van der Waals surface area (Å²) in [5.41, 5.74) is 0. The predicted molar refractivity (Wildman–Crippen MR) is 371 cm³/mol. The number of rotatable bonds is 68. The van der Waals surface area contributed by atoms with E-state index in [1.165, 1.54) is 116 Å². The topological polar surface area (TPSA) is 231 Å². The number of allylic oxidation sites excluding steroid dienone is 14. The van der Waals surface area contributed by atoms with Crippen molar-refractivity contribution in [2.45, 2.75) is 322 Å². The van der Waals surface area contributed by atoms with Crippen molar-refractivity contribution in [3.63, 3.8) is 0 Å². The second kappa shape index (κ2) is 66.7. The number of hydrogen-bond donors (Lipinski definition) is 4. The van der Waals surface area contributed by atoms with Gasteiger partial charge in [-0.1, -0.05) is 273 Å². The van der Waals surface area contributed by atoms with Gasteiger partial charge in [0.25, 0.3) is 0 Å². The minimum Gasteiger partial charge on any atom is -0.463 e. The summed E-state index contributed by atoms with van der Waals surface area (Å²) >= 11 is 0. The highest BCUT2D eigenvalue weighted by molar-refractivity contribution is 7.47. The molecular weight excluding hydrogens is 1190 g/mol. The smallest absolute Gasteiger partial charge is 0.463 e. The zero-order valence-electron chi connectivity index (χ0n) is 57.3. The van der Waals surface area contributed by atoms with Gasteiger partial charge in [0, 0.05) is 19.3 Å². The number of carbonyl (C=O) groups is 3. The molecule has 0 aromatic carbocycles. The first kappa shape index (κ1) is 87.7. The molecule has 5 atom stereocenters.